The van der Waals surface area contributed by atoms with E-state index in [9.17, 15) is 9.90 Å². The van der Waals surface area contributed by atoms with Gasteiger partial charge in [-0.25, -0.2) is 0 Å². The second kappa shape index (κ2) is 6.29. The number of nitrogens with zero attached hydrogens (tertiary/aromatic N) is 4. The van der Waals surface area contributed by atoms with E-state index in [-0.39, 0.29) is 5.88 Å². The molecule has 0 saturated heterocycles. The Balaban J connectivity index is 2.01. The molecule has 0 aliphatic heterocycles. The normalized spacial score (nSPS) is 11.4. The van der Waals surface area contributed by atoms with Gasteiger partial charge in [0, 0.05) is 28.8 Å². The van der Waals surface area contributed by atoms with Crippen molar-refractivity contribution in [2.24, 2.45) is 10.2 Å². The molecule has 2 heterocycles. The molecule has 3 aromatic rings. The SMILES string of the molecule is CCn1c(O)c(N=NC(=O)c2cncc(Br)c2)c2ccccc21. The summed E-state index contributed by atoms with van der Waals surface area (Å²) in [6.45, 7) is 2.51. The van der Waals surface area contributed by atoms with Crippen molar-refractivity contribution in [1.29, 1.82) is 0 Å². The number of amides is 1. The van der Waals surface area contributed by atoms with Crippen LogP contribution in [0.5, 0.6) is 5.88 Å². The molecule has 2 aromatic heterocycles. The largest absolute Gasteiger partial charge is 0.493 e. The van der Waals surface area contributed by atoms with Gasteiger partial charge >= 0.3 is 0 Å². The van der Waals surface area contributed by atoms with Gasteiger partial charge in [0.25, 0.3) is 5.91 Å². The Labute approximate surface area is 140 Å². The van der Waals surface area contributed by atoms with Crippen molar-refractivity contribution in [2.75, 3.05) is 0 Å². The van der Waals surface area contributed by atoms with Crippen molar-refractivity contribution in [3.63, 3.8) is 0 Å². The van der Waals surface area contributed by atoms with Crippen LogP contribution >= 0.6 is 15.9 Å². The number of halogens is 1. The smallest absolute Gasteiger partial charge is 0.297 e. The average Bonchev–Trinajstić information content (AvgIpc) is 2.83. The number of aryl methyl sites for hydroxylation is 1. The van der Waals surface area contributed by atoms with E-state index in [4.69, 9.17) is 0 Å². The summed E-state index contributed by atoms with van der Waals surface area (Å²) < 4.78 is 2.40. The first-order chi connectivity index (χ1) is 11.1. The molecule has 1 amide bonds. The molecule has 0 aliphatic carbocycles. The lowest BCUT2D eigenvalue weighted by Crippen LogP contribution is -1.94. The zero-order chi connectivity index (χ0) is 16.4. The van der Waals surface area contributed by atoms with Crippen LogP contribution in [-0.2, 0) is 6.54 Å². The van der Waals surface area contributed by atoms with Gasteiger partial charge in [0.15, 0.2) is 5.69 Å². The molecule has 1 aromatic carbocycles. The lowest BCUT2D eigenvalue weighted by atomic mass is 10.2. The number of benzene rings is 1. The van der Waals surface area contributed by atoms with Crippen LogP contribution in [0.25, 0.3) is 10.9 Å². The van der Waals surface area contributed by atoms with Gasteiger partial charge in [0.2, 0.25) is 5.88 Å². The van der Waals surface area contributed by atoms with Gasteiger partial charge in [0.05, 0.1) is 11.1 Å². The Hall–Kier alpha value is -2.54. The number of aromatic nitrogens is 2. The highest BCUT2D eigenvalue weighted by molar-refractivity contribution is 9.10. The number of carbonyl (C=O) groups excluding carboxylic acids is 1. The summed E-state index contributed by atoms with van der Waals surface area (Å²) in [6, 6.07) is 9.07. The summed E-state index contributed by atoms with van der Waals surface area (Å²) in [6.07, 6.45) is 3.00. The first kappa shape index (κ1) is 15.4. The van der Waals surface area contributed by atoms with E-state index >= 15 is 0 Å². The standard InChI is InChI=1S/C16H13BrN4O2/c1-2-21-13-6-4-3-5-12(13)14(16(21)23)19-20-15(22)10-7-11(17)9-18-8-10/h3-9,23H,2H2,1H3. The van der Waals surface area contributed by atoms with E-state index in [1.807, 2.05) is 31.2 Å². The Morgan fingerprint density at radius 2 is 2.13 bits per heavy atom. The van der Waals surface area contributed by atoms with Crippen molar-refractivity contribution in [3.05, 3.63) is 52.8 Å². The molecule has 0 bridgehead atoms. The zero-order valence-electron chi connectivity index (χ0n) is 12.3. The molecule has 0 spiro atoms. The number of hydrogen-bond acceptors (Lipinski definition) is 4. The first-order valence-electron chi connectivity index (χ1n) is 6.98. The fourth-order valence-electron chi connectivity index (χ4n) is 2.37. The number of para-hydroxylation sites is 1. The highest BCUT2D eigenvalue weighted by Crippen LogP contribution is 2.38. The highest BCUT2D eigenvalue weighted by Gasteiger charge is 2.15. The molecule has 116 valence electrons. The molecule has 0 aliphatic rings. The minimum atomic E-state index is -0.522. The molecule has 0 saturated carbocycles. The van der Waals surface area contributed by atoms with Crippen LogP contribution in [0, 0.1) is 0 Å². The van der Waals surface area contributed by atoms with E-state index in [1.165, 1.54) is 6.20 Å². The highest BCUT2D eigenvalue weighted by atomic mass is 79.9. The van der Waals surface area contributed by atoms with E-state index in [0.717, 1.165) is 10.9 Å². The first-order valence-corrected chi connectivity index (χ1v) is 7.78. The van der Waals surface area contributed by atoms with E-state index in [1.54, 1.807) is 16.8 Å². The molecule has 0 radical (unpaired) electrons. The van der Waals surface area contributed by atoms with Gasteiger partial charge in [-0.1, -0.05) is 18.2 Å². The average molecular weight is 373 g/mol. The molecule has 0 atom stereocenters. The minimum absolute atomic E-state index is 0.00221. The maximum Gasteiger partial charge on any atom is 0.297 e. The second-order valence-corrected chi connectivity index (χ2v) is 5.75. The van der Waals surface area contributed by atoms with Gasteiger partial charge in [0.1, 0.15) is 0 Å². The molecular weight excluding hydrogens is 360 g/mol. The lowest BCUT2D eigenvalue weighted by molar-refractivity contribution is 0.0994. The molecule has 23 heavy (non-hydrogen) atoms. The van der Waals surface area contributed by atoms with Gasteiger partial charge in [-0.2, -0.15) is 0 Å². The summed E-state index contributed by atoms with van der Waals surface area (Å²) in [5, 5.41) is 18.8. The summed E-state index contributed by atoms with van der Waals surface area (Å²) in [7, 11) is 0. The topological polar surface area (TPSA) is 79.8 Å². The molecule has 6 nitrogen and oxygen atoms in total. The van der Waals surface area contributed by atoms with Crippen molar-refractivity contribution < 1.29 is 9.90 Å². The van der Waals surface area contributed by atoms with Gasteiger partial charge in [-0.15, -0.1) is 10.2 Å². The predicted molar refractivity (Wildman–Crippen MR) is 90.1 cm³/mol. The van der Waals surface area contributed by atoms with Crippen molar-refractivity contribution in [2.45, 2.75) is 13.5 Å². The number of pyridine rings is 1. The van der Waals surface area contributed by atoms with Crippen molar-refractivity contribution in [1.82, 2.24) is 9.55 Å². The third kappa shape index (κ3) is 2.87. The molecule has 1 N–H and O–H groups in total. The Kier molecular flexibility index (Phi) is 4.20. The van der Waals surface area contributed by atoms with E-state index < -0.39 is 5.91 Å². The molecule has 0 unspecified atom stereocenters. The maximum absolute atomic E-state index is 12.1. The summed E-state index contributed by atoms with van der Waals surface area (Å²) in [5.74, 6) is -0.524. The van der Waals surface area contributed by atoms with Crippen LogP contribution < -0.4 is 0 Å². The summed E-state index contributed by atoms with van der Waals surface area (Å²) >= 11 is 3.25. The number of hydrogen-bond donors (Lipinski definition) is 1. The molecule has 3 rings (SSSR count). The molecule has 7 heteroatoms. The van der Waals surface area contributed by atoms with Crippen LogP contribution in [0.2, 0.25) is 0 Å². The Morgan fingerprint density at radius 3 is 2.87 bits per heavy atom. The lowest BCUT2D eigenvalue weighted by Gasteiger charge is -2.00. The number of rotatable bonds is 3. The fraction of sp³-hybridized carbons (Fsp3) is 0.125. The van der Waals surface area contributed by atoms with Crippen LogP contribution in [0.3, 0.4) is 0 Å². The Bertz CT molecular complexity index is 918. The minimum Gasteiger partial charge on any atom is -0.493 e. The predicted octanol–water partition coefficient (Wildman–Crippen LogP) is 4.45. The summed E-state index contributed by atoms with van der Waals surface area (Å²) in [5.41, 5.74) is 1.46. The molecular formula is C16H13BrN4O2. The van der Waals surface area contributed by atoms with Gasteiger partial charge < -0.3 is 9.67 Å². The Morgan fingerprint density at radius 1 is 1.35 bits per heavy atom. The monoisotopic (exact) mass is 372 g/mol. The number of fused-ring (bicyclic) bond motifs is 1. The zero-order valence-corrected chi connectivity index (χ0v) is 13.9. The summed E-state index contributed by atoms with van der Waals surface area (Å²) in [4.78, 5) is 16.0. The second-order valence-electron chi connectivity index (χ2n) is 4.83. The quantitative estimate of drug-likeness (QED) is 0.689. The van der Waals surface area contributed by atoms with Crippen LogP contribution in [0.4, 0.5) is 5.69 Å². The maximum atomic E-state index is 12.1. The fourth-order valence-corrected chi connectivity index (χ4v) is 2.74. The van der Waals surface area contributed by atoms with E-state index in [0.29, 0.717) is 22.3 Å². The molecule has 0 fully saturated rings. The van der Waals surface area contributed by atoms with Crippen LogP contribution in [0.1, 0.15) is 17.3 Å². The number of aromatic hydroxyl groups is 1. The van der Waals surface area contributed by atoms with E-state index in [2.05, 4.69) is 31.1 Å². The number of carbonyl (C=O) groups is 1. The van der Waals surface area contributed by atoms with Crippen molar-refractivity contribution >= 4 is 38.4 Å². The van der Waals surface area contributed by atoms with Crippen LogP contribution in [-0.4, -0.2) is 20.6 Å². The van der Waals surface area contributed by atoms with Gasteiger partial charge in [-0.3, -0.25) is 9.78 Å². The van der Waals surface area contributed by atoms with Gasteiger partial charge in [-0.05, 0) is 35.0 Å². The van der Waals surface area contributed by atoms with Crippen LogP contribution in [0.15, 0.2) is 57.4 Å². The third-order valence-electron chi connectivity index (χ3n) is 3.43. The third-order valence-corrected chi connectivity index (χ3v) is 3.86. The number of azo groups is 1. The van der Waals surface area contributed by atoms with Crippen molar-refractivity contribution in [3.8, 4) is 5.88 Å².